The number of methoxy groups -OCH3 is 1. The molecule has 6 nitrogen and oxygen atoms in total. The van der Waals surface area contributed by atoms with Crippen LogP contribution in [-0.4, -0.2) is 38.9 Å². The fraction of sp³-hybridized carbons (Fsp3) is 0.455. The molecule has 0 aliphatic heterocycles. The molecule has 0 aromatic heterocycles. The lowest BCUT2D eigenvalue weighted by atomic mass is 10.1. The van der Waals surface area contributed by atoms with Crippen LogP contribution in [-0.2, 0) is 16.5 Å². The summed E-state index contributed by atoms with van der Waals surface area (Å²) in [5.74, 6) is 0.372. The second kappa shape index (κ2) is 6.58. The minimum atomic E-state index is -3.94. The third-order valence-electron chi connectivity index (χ3n) is 2.39. The summed E-state index contributed by atoms with van der Waals surface area (Å²) >= 11 is 0. The molecule has 0 radical (unpaired) electrons. The van der Waals surface area contributed by atoms with Gasteiger partial charge in [-0.25, -0.2) is 0 Å². The predicted octanol–water partition coefficient (Wildman–Crippen LogP) is 0.496. The van der Waals surface area contributed by atoms with E-state index in [2.05, 4.69) is 5.32 Å². The second-order valence-electron chi connectivity index (χ2n) is 3.78. The maximum Gasteiger partial charge on any atom is 0.266 e. The van der Waals surface area contributed by atoms with Crippen molar-refractivity contribution < 1.29 is 17.7 Å². The van der Waals surface area contributed by atoms with Crippen LogP contribution in [0.2, 0.25) is 0 Å². The van der Waals surface area contributed by atoms with Crippen LogP contribution in [0.4, 0.5) is 5.69 Å². The first-order chi connectivity index (χ1) is 8.46. The molecule has 0 fully saturated rings. The normalized spacial score (nSPS) is 11.3. The van der Waals surface area contributed by atoms with E-state index < -0.39 is 10.1 Å². The van der Waals surface area contributed by atoms with Crippen molar-refractivity contribution in [1.82, 2.24) is 0 Å². The summed E-state index contributed by atoms with van der Waals surface area (Å²) in [4.78, 5) is 0. The first-order valence-electron chi connectivity index (χ1n) is 5.52. The zero-order valence-electron chi connectivity index (χ0n) is 10.2. The third-order valence-corrected chi connectivity index (χ3v) is 3.11. The van der Waals surface area contributed by atoms with Crippen LogP contribution >= 0.6 is 0 Å². The van der Waals surface area contributed by atoms with E-state index in [1.54, 1.807) is 13.2 Å². The van der Waals surface area contributed by atoms with Crippen molar-refractivity contribution in [3.63, 3.8) is 0 Å². The van der Waals surface area contributed by atoms with Crippen LogP contribution in [0.3, 0.4) is 0 Å². The van der Waals surface area contributed by atoms with E-state index in [9.17, 15) is 8.42 Å². The standard InChI is InChI=1S/C11H18N2O4S/c1-17-11-8-10(3-2-9(11)4-5-12)13-6-7-18(14,15)16/h2-3,8,13H,4-7,12H2,1H3,(H,14,15,16). The Labute approximate surface area is 107 Å². The Bertz CT molecular complexity index is 488. The molecule has 0 aliphatic rings. The second-order valence-corrected chi connectivity index (χ2v) is 5.35. The van der Waals surface area contributed by atoms with Gasteiger partial charge >= 0.3 is 0 Å². The molecule has 0 spiro atoms. The molecule has 1 aromatic rings. The Balaban J connectivity index is 2.67. The first-order valence-corrected chi connectivity index (χ1v) is 7.13. The Kier molecular flexibility index (Phi) is 5.39. The Morgan fingerprint density at radius 1 is 1.44 bits per heavy atom. The van der Waals surface area contributed by atoms with Crippen molar-refractivity contribution in [2.24, 2.45) is 5.73 Å². The summed E-state index contributed by atoms with van der Waals surface area (Å²) in [5.41, 5.74) is 7.22. The topological polar surface area (TPSA) is 102 Å². The van der Waals surface area contributed by atoms with Gasteiger partial charge in [0.05, 0.1) is 12.9 Å². The maximum atomic E-state index is 10.6. The largest absolute Gasteiger partial charge is 0.496 e. The lowest BCUT2D eigenvalue weighted by molar-refractivity contribution is 0.410. The van der Waals surface area contributed by atoms with Crippen molar-refractivity contribution in [1.29, 1.82) is 0 Å². The van der Waals surface area contributed by atoms with Crippen LogP contribution in [0.1, 0.15) is 5.56 Å². The van der Waals surface area contributed by atoms with Crippen LogP contribution < -0.4 is 15.8 Å². The van der Waals surface area contributed by atoms with E-state index in [-0.39, 0.29) is 12.3 Å². The van der Waals surface area contributed by atoms with E-state index in [0.717, 1.165) is 11.3 Å². The number of benzene rings is 1. The van der Waals surface area contributed by atoms with Crippen molar-refractivity contribution in [2.45, 2.75) is 6.42 Å². The first kappa shape index (κ1) is 14.7. The summed E-state index contributed by atoms with van der Waals surface area (Å²) in [6.07, 6.45) is 0.717. The molecule has 0 atom stereocenters. The monoisotopic (exact) mass is 274 g/mol. The van der Waals surface area contributed by atoms with Gasteiger partial charge in [0.15, 0.2) is 0 Å². The predicted molar refractivity (Wildman–Crippen MR) is 70.7 cm³/mol. The van der Waals surface area contributed by atoms with E-state index in [1.165, 1.54) is 0 Å². The van der Waals surface area contributed by atoms with Gasteiger partial charge in [-0.2, -0.15) is 8.42 Å². The van der Waals surface area contributed by atoms with Gasteiger partial charge < -0.3 is 15.8 Å². The molecule has 7 heteroatoms. The SMILES string of the molecule is COc1cc(NCCS(=O)(=O)O)ccc1CCN. The van der Waals surface area contributed by atoms with Crippen LogP contribution in [0, 0.1) is 0 Å². The van der Waals surface area contributed by atoms with Gasteiger partial charge in [0.2, 0.25) is 0 Å². The smallest absolute Gasteiger partial charge is 0.266 e. The van der Waals surface area contributed by atoms with Gasteiger partial charge in [0.1, 0.15) is 5.75 Å². The molecule has 0 heterocycles. The summed E-state index contributed by atoms with van der Waals surface area (Å²) < 4.78 is 34.9. The van der Waals surface area contributed by atoms with Gasteiger partial charge in [0.25, 0.3) is 10.1 Å². The van der Waals surface area contributed by atoms with Crippen molar-refractivity contribution >= 4 is 15.8 Å². The highest BCUT2D eigenvalue weighted by atomic mass is 32.2. The summed E-state index contributed by atoms with van der Waals surface area (Å²) in [6, 6.07) is 5.47. The molecule has 4 N–H and O–H groups in total. The van der Waals surface area contributed by atoms with E-state index in [4.69, 9.17) is 15.0 Å². The highest BCUT2D eigenvalue weighted by molar-refractivity contribution is 7.85. The van der Waals surface area contributed by atoms with Gasteiger partial charge in [-0.15, -0.1) is 0 Å². The number of hydrogen-bond acceptors (Lipinski definition) is 5. The zero-order chi connectivity index (χ0) is 13.6. The molecule has 102 valence electrons. The van der Waals surface area contributed by atoms with E-state index in [1.807, 2.05) is 12.1 Å². The Morgan fingerprint density at radius 3 is 2.72 bits per heavy atom. The number of anilines is 1. The fourth-order valence-corrected chi connectivity index (χ4v) is 1.90. The van der Waals surface area contributed by atoms with Gasteiger partial charge in [0, 0.05) is 18.3 Å². The van der Waals surface area contributed by atoms with Crippen LogP contribution in [0.15, 0.2) is 18.2 Å². The highest BCUT2D eigenvalue weighted by Gasteiger charge is 2.06. The number of hydrogen-bond donors (Lipinski definition) is 3. The van der Waals surface area contributed by atoms with Crippen LogP contribution in [0.25, 0.3) is 0 Å². The quantitative estimate of drug-likeness (QED) is 0.626. The average molecular weight is 274 g/mol. The van der Waals surface area contributed by atoms with E-state index in [0.29, 0.717) is 18.7 Å². The molecular formula is C11H18N2O4S. The van der Waals surface area contributed by atoms with Crippen molar-refractivity contribution in [3.05, 3.63) is 23.8 Å². The summed E-state index contributed by atoms with van der Waals surface area (Å²) in [7, 11) is -2.37. The Morgan fingerprint density at radius 2 is 2.17 bits per heavy atom. The molecule has 1 rings (SSSR count). The molecule has 1 aromatic carbocycles. The highest BCUT2D eigenvalue weighted by Crippen LogP contribution is 2.23. The molecule has 0 saturated carbocycles. The maximum absolute atomic E-state index is 10.6. The number of nitrogens with two attached hydrogens (primary N) is 1. The zero-order valence-corrected chi connectivity index (χ0v) is 11.0. The van der Waals surface area contributed by atoms with Crippen molar-refractivity contribution in [2.75, 3.05) is 31.3 Å². The molecular weight excluding hydrogens is 256 g/mol. The average Bonchev–Trinajstić information content (AvgIpc) is 2.29. The summed E-state index contributed by atoms with van der Waals surface area (Å²) in [5, 5.41) is 2.89. The van der Waals surface area contributed by atoms with Crippen LogP contribution in [0.5, 0.6) is 5.75 Å². The van der Waals surface area contributed by atoms with Gasteiger partial charge in [-0.3, -0.25) is 4.55 Å². The van der Waals surface area contributed by atoms with Crippen molar-refractivity contribution in [3.8, 4) is 5.75 Å². The molecule has 18 heavy (non-hydrogen) atoms. The molecule has 0 unspecified atom stereocenters. The minimum Gasteiger partial charge on any atom is -0.496 e. The lowest BCUT2D eigenvalue weighted by Gasteiger charge is -2.11. The summed E-state index contributed by atoms with van der Waals surface area (Å²) in [6.45, 7) is 0.671. The van der Waals surface area contributed by atoms with Gasteiger partial charge in [-0.05, 0) is 24.6 Å². The molecule has 0 aliphatic carbocycles. The molecule has 0 saturated heterocycles. The third kappa shape index (κ3) is 4.91. The number of rotatable bonds is 7. The molecule has 0 bridgehead atoms. The van der Waals surface area contributed by atoms with Gasteiger partial charge in [-0.1, -0.05) is 6.07 Å². The minimum absolute atomic E-state index is 0.137. The van der Waals surface area contributed by atoms with E-state index >= 15 is 0 Å². The fourth-order valence-electron chi connectivity index (χ4n) is 1.54. The lowest BCUT2D eigenvalue weighted by Crippen LogP contribution is -2.14. The number of nitrogens with one attached hydrogen (secondary N) is 1. The Hall–Kier alpha value is -1.31. The number of ether oxygens (including phenoxy) is 1. The molecule has 0 amide bonds.